The minimum absolute atomic E-state index is 0.488. The second-order valence-corrected chi connectivity index (χ2v) is 5.54. The fraction of sp³-hybridized carbons (Fsp3) is 0.647. The molecule has 2 heteroatoms. The Kier molecular flexibility index (Phi) is 7.76. The van der Waals surface area contributed by atoms with Crippen LogP contribution in [-0.4, -0.2) is 25.8 Å². The molecule has 0 aliphatic heterocycles. The lowest BCUT2D eigenvalue weighted by Gasteiger charge is -2.22. The van der Waals surface area contributed by atoms with Crippen LogP contribution in [0.4, 0.5) is 0 Å². The first-order chi connectivity index (χ1) is 9.15. The van der Waals surface area contributed by atoms with Crippen LogP contribution in [0, 0.1) is 6.92 Å². The van der Waals surface area contributed by atoms with Gasteiger partial charge in [0.05, 0.1) is 6.61 Å². The summed E-state index contributed by atoms with van der Waals surface area (Å²) in [6.07, 6.45) is 4.70. The van der Waals surface area contributed by atoms with E-state index in [1.807, 2.05) is 0 Å². The topological polar surface area (TPSA) is 21.3 Å². The van der Waals surface area contributed by atoms with Gasteiger partial charge in [-0.05, 0) is 38.7 Å². The Labute approximate surface area is 118 Å². The molecule has 1 aromatic carbocycles. The first kappa shape index (κ1) is 16.2. The number of hydrogen-bond donors (Lipinski definition) is 1. The van der Waals surface area contributed by atoms with Crippen LogP contribution in [-0.2, 0) is 11.2 Å². The highest BCUT2D eigenvalue weighted by molar-refractivity contribution is 5.22. The zero-order chi connectivity index (χ0) is 14.1. The van der Waals surface area contributed by atoms with Crippen molar-refractivity contribution in [3.05, 3.63) is 35.4 Å². The van der Waals surface area contributed by atoms with Crippen molar-refractivity contribution in [3.63, 3.8) is 0 Å². The van der Waals surface area contributed by atoms with E-state index in [0.29, 0.717) is 12.1 Å². The van der Waals surface area contributed by atoms with Crippen molar-refractivity contribution in [2.24, 2.45) is 0 Å². The number of ether oxygens (including phenoxy) is 1. The molecule has 0 amide bonds. The van der Waals surface area contributed by atoms with E-state index >= 15 is 0 Å². The van der Waals surface area contributed by atoms with Gasteiger partial charge in [0.1, 0.15) is 0 Å². The summed E-state index contributed by atoms with van der Waals surface area (Å²) >= 11 is 0. The van der Waals surface area contributed by atoms with Crippen molar-refractivity contribution in [2.45, 2.75) is 58.5 Å². The summed E-state index contributed by atoms with van der Waals surface area (Å²) in [6.45, 7) is 7.46. The largest absolute Gasteiger partial charge is 0.383 e. The highest BCUT2D eigenvalue weighted by Crippen LogP contribution is 2.09. The minimum atomic E-state index is 0.488. The quantitative estimate of drug-likeness (QED) is 0.733. The van der Waals surface area contributed by atoms with E-state index in [0.717, 1.165) is 13.0 Å². The van der Waals surface area contributed by atoms with Crippen LogP contribution in [0.5, 0.6) is 0 Å². The molecule has 0 heterocycles. The Morgan fingerprint density at radius 3 is 2.68 bits per heavy atom. The molecule has 0 bridgehead atoms. The maximum Gasteiger partial charge on any atom is 0.0615 e. The molecule has 0 saturated carbocycles. The average Bonchev–Trinajstić information content (AvgIpc) is 2.37. The normalized spacial score (nSPS) is 14.3. The lowest BCUT2D eigenvalue weighted by molar-refractivity contribution is 0.156. The molecule has 0 aliphatic rings. The van der Waals surface area contributed by atoms with Gasteiger partial charge in [-0.3, -0.25) is 0 Å². The van der Waals surface area contributed by atoms with Crippen molar-refractivity contribution >= 4 is 0 Å². The van der Waals surface area contributed by atoms with Gasteiger partial charge in [0.15, 0.2) is 0 Å². The molecule has 0 saturated heterocycles. The molecule has 0 aliphatic carbocycles. The third-order valence-electron chi connectivity index (χ3n) is 3.47. The molecule has 108 valence electrons. The first-order valence-electron chi connectivity index (χ1n) is 7.46. The van der Waals surface area contributed by atoms with Crippen LogP contribution in [0.25, 0.3) is 0 Å². The van der Waals surface area contributed by atoms with E-state index in [-0.39, 0.29) is 0 Å². The molecule has 1 aromatic rings. The van der Waals surface area contributed by atoms with Gasteiger partial charge < -0.3 is 10.1 Å². The van der Waals surface area contributed by atoms with Gasteiger partial charge in [-0.25, -0.2) is 0 Å². The van der Waals surface area contributed by atoms with Crippen LogP contribution in [0.15, 0.2) is 24.3 Å². The van der Waals surface area contributed by atoms with Crippen molar-refractivity contribution in [1.82, 2.24) is 5.32 Å². The summed E-state index contributed by atoms with van der Waals surface area (Å²) in [7, 11) is 1.78. The van der Waals surface area contributed by atoms with Crippen LogP contribution in [0.1, 0.15) is 44.2 Å². The van der Waals surface area contributed by atoms with Gasteiger partial charge >= 0.3 is 0 Å². The van der Waals surface area contributed by atoms with Gasteiger partial charge in [0, 0.05) is 19.2 Å². The number of benzene rings is 1. The highest BCUT2D eigenvalue weighted by Gasteiger charge is 2.11. The van der Waals surface area contributed by atoms with Crippen LogP contribution in [0.2, 0.25) is 0 Å². The van der Waals surface area contributed by atoms with E-state index in [4.69, 9.17) is 4.74 Å². The molecule has 19 heavy (non-hydrogen) atoms. The number of aryl methyl sites for hydroxylation is 2. The molecular formula is C17H29NO. The molecule has 1 rings (SSSR count). The Hall–Kier alpha value is -0.860. The molecular weight excluding hydrogens is 234 g/mol. The molecule has 2 nitrogen and oxygen atoms in total. The van der Waals surface area contributed by atoms with E-state index < -0.39 is 0 Å². The van der Waals surface area contributed by atoms with Gasteiger partial charge in [-0.1, -0.05) is 43.2 Å². The third kappa shape index (κ3) is 6.74. The Morgan fingerprint density at radius 2 is 2.05 bits per heavy atom. The molecule has 2 atom stereocenters. The van der Waals surface area contributed by atoms with E-state index in [2.05, 4.69) is 50.4 Å². The summed E-state index contributed by atoms with van der Waals surface area (Å²) in [5.74, 6) is 0. The fourth-order valence-corrected chi connectivity index (χ4v) is 2.50. The third-order valence-corrected chi connectivity index (χ3v) is 3.47. The fourth-order valence-electron chi connectivity index (χ4n) is 2.50. The lowest BCUT2D eigenvalue weighted by Crippen LogP contribution is -2.39. The number of methoxy groups -OCH3 is 1. The zero-order valence-electron chi connectivity index (χ0n) is 12.9. The molecule has 1 N–H and O–H groups in total. The van der Waals surface area contributed by atoms with E-state index in [9.17, 15) is 0 Å². The predicted molar refractivity (Wildman–Crippen MR) is 82.7 cm³/mol. The number of rotatable bonds is 9. The lowest BCUT2D eigenvalue weighted by atomic mass is 10.0. The van der Waals surface area contributed by atoms with Crippen molar-refractivity contribution < 1.29 is 4.74 Å². The van der Waals surface area contributed by atoms with Crippen molar-refractivity contribution in [2.75, 3.05) is 13.7 Å². The molecule has 0 fully saturated rings. The van der Waals surface area contributed by atoms with Crippen LogP contribution in [0.3, 0.4) is 0 Å². The van der Waals surface area contributed by atoms with E-state index in [1.54, 1.807) is 7.11 Å². The minimum Gasteiger partial charge on any atom is -0.383 e. The number of hydrogen-bond acceptors (Lipinski definition) is 2. The maximum atomic E-state index is 5.27. The van der Waals surface area contributed by atoms with Crippen LogP contribution < -0.4 is 5.32 Å². The second-order valence-electron chi connectivity index (χ2n) is 5.54. The summed E-state index contributed by atoms with van der Waals surface area (Å²) < 4.78 is 5.27. The summed E-state index contributed by atoms with van der Waals surface area (Å²) in [5, 5.41) is 3.68. The Balaban J connectivity index is 2.35. The zero-order valence-corrected chi connectivity index (χ0v) is 12.9. The highest BCUT2D eigenvalue weighted by atomic mass is 16.5. The molecule has 0 aromatic heterocycles. The van der Waals surface area contributed by atoms with Crippen LogP contribution >= 0.6 is 0 Å². The SMILES string of the molecule is CCCC(COC)NC(C)CCc1cccc(C)c1. The Bertz CT molecular complexity index is 345. The monoisotopic (exact) mass is 263 g/mol. The van der Waals surface area contributed by atoms with Crippen molar-refractivity contribution in [3.8, 4) is 0 Å². The Morgan fingerprint density at radius 1 is 1.26 bits per heavy atom. The van der Waals surface area contributed by atoms with Gasteiger partial charge in [-0.2, -0.15) is 0 Å². The summed E-state index contributed by atoms with van der Waals surface area (Å²) in [5.41, 5.74) is 2.79. The second kappa shape index (κ2) is 9.11. The summed E-state index contributed by atoms with van der Waals surface area (Å²) in [4.78, 5) is 0. The average molecular weight is 263 g/mol. The standard InChI is InChI=1S/C17H29NO/c1-5-7-17(13-19-4)18-15(3)10-11-16-9-6-8-14(2)12-16/h6,8-9,12,15,17-18H,5,7,10-11,13H2,1-4H3. The maximum absolute atomic E-state index is 5.27. The smallest absolute Gasteiger partial charge is 0.0615 e. The van der Waals surface area contributed by atoms with Gasteiger partial charge in [0.25, 0.3) is 0 Å². The molecule has 0 spiro atoms. The molecule has 2 unspecified atom stereocenters. The molecule has 0 radical (unpaired) electrons. The van der Waals surface area contributed by atoms with E-state index in [1.165, 1.54) is 30.4 Å². The predicted octanol–water partition coefficient (Wildman–Crippen LogP) is 3.72. The summed E-state index contributed by atoms with van der Waals surface area (Å²) in [6, 6.07) is 9.83. The van der Waals surface area contributed by atoms with Gasteiger partial charge in [0.2, 0.25) is 0 Å². The van der Waals surface area contributed by atoms with Gasteiger partial charge in [-0.15, -0.1) is 0 Å². The first-order valence-corrected chi connectivity index (χ1v) is 7.46. The van der Waals surface area contributed by atoms with Crippen molar-refractivity contribution in [1.29, 1.82) is 0 Å². The number of nitrogens with one attached hydrogen (secondary N) is 1.